The van der Waals surface area contributed by atoms with Gasteiger partial charge in [-0.25, -0.2) is 9.59 Å². The summed E-state index contributed by atoms with van der Waals surface area (Å²) in [7, 11) is 0. The maximum absolute atomic E-state index is 13.3. The van der Waals surface area contributed by atoms with Crippen LogP contribution in [-0.2, 0) is 41.6 Å². The fourth-order valence-electron chi connectivity index (χ4n) is 4.31. The van der Waals surface area contributed by atoms with Crippen molar-refractivity contribution in [1.82, 2.24) is 5.32 Å². The molecule has 2 amide bonds. The van der Waals surface area contributed by atoms with E-state index in [0.29, 0.717) is 0 Å². The van der Waals surface area contributed by atoms with Crippen LogP contribution in [0, 0.1) is 0 Å². The summed E-state index contributed by atoms with van der Waals surface area (Å²) in [5, 5.41) is 2.55. The van der Waals surface area contributed by atoms with Gasteiger partial charge in [-0.05, 0) is 55.9 Å². The summed E-state index contributed by atoms with van der Waals surface area (Å²) < 4.78 is 16.3. The maximum Gasteiger partial charge on any atom is 0.408 e. The minimum Gasteiger partial charge on any atom is -0.461 e. The van der Waals surface area contributed by atoms with Crippen molar-refractivity contribution in [3.05, 3.63) is 96.1 Å². The predicted molar refractivity (Wildman–Crippen MR) is 163 cm³/mol. The van der Waals surface area contributed by atoms with E-state index in [9.17, 15) is 19.2 Å². The molecule has 0 aliphatic heterocycles. The fourth-order valence-corrected chi connectivity index (χ4v) is 4.31. The molecule has 0 heterocycles. The number of hydrogen-bond acceptors (Lipinski definition) is 7. The van der Waals surface area contributed by atoms with Crippen LogP contribution in [0.4, 0.5) is 4.79 Å². The molecule has 3 rings (SSSR count). The normalized spacial score (nSPS) is 12.4. The molecule has 9 heteroatoms. The Labute approximate surface area is 252 Å². The number of rotatable bonds is 14. The second-order valence-electron chi connectivity index (χ2n) is 11.2. The number of esters is 2. The van der Waals surface area contributed by atoms with E-state index in [1.807, 2.05) is 84.9 Å². The molecular formula is C34H40N2O7. The van der Waals surface area contributed by atoms with Gasteiger partial charge in [0.15, 0.2) is 0 Å². The zero-order chi connectivity index (χ0) is 31.2. The first kappa shape index (κ1) is 32.8. The molecule has 0 unspecified atom stereocenters. The summed E-state index contributed by atoms with van der Waals surface area (Å²) in [5.74, 6) is -1.81. The van der Waals surface area contributed by atoms with Gasteiger partial charge in [0.2, 0.25) is 5.91 Å². The van der Waals surface area contributed by atoms with E-state index in [1.165, 1.54) is 0 Å². The van der Waals surface area contributed by atoms with Crippen molar-refractivity contribution in [1.29, 1.82) is 0 Å². The third kappa shape index (κ3) is 12.4. The van der Waals surface area contributed by atoms with E-state index < -0.39 is 41.7 Å². The number of carbonyl (C=O) groups is 4. The van der Waals surface area contributed by atoms with Crippen LogP contribution in [0.1, 0.15) is 57.6 Å². The van der Waals surface area contributed by atoms with Crippen LogP contribution in [0.3, 0.4) is 0 Å². The second kappa shape index (κ2) is 16.1. The Morgan fingerprint density at radius 2 is 1.42 bits per heavy atom. The zero-order valence-corrected chi connectivity index (χ0v) is 24.9. The number of benzene rings is 3. The van der Waals surface area contributed by atoms with Crippen LogP contribution in [0.15, 0.2) is 84.9 Å². The minimum atomic E-state index is -1.12. The monoisotopic (exact) mass is 588 g/mol. The van der Waals surface area contributed by atoms with Crippen LogP contribution >= 0.6 is 0 Å². The van der Waals surface area contributed by atoms with E-state index in [1.54, 1.807) is 20.8 Å². The molecule has 3 N–H and O–H groups in total. The summed E-state index contributed by atoms with van der Waals surface area (Å²) >= 11 is 0. The number of amides is 2. The molecule has 0 fully saturated rings. The van der Waals surface area contributed by atoms with Gasteiger partial charge in [0.25, 0.3) is 0 Å². The van der Waals surface area contributed by atoms with E-state index >= 15 is 0 Å². The van der Waals surface area contributed by atoms with E-state index in [2.05, 4.69) is 5.32 Å². The van der Waals surface area contributed by atoms with Crippen LogP contribution in [0.5, 0.6) is 0 Å². The predicted octanol–water partition coefficient (Wildman–Crippen LogP) is 5.49. The SMILES string of the molecule is CC(C)(C)OC(=O)N[C@@H](CCCC(=O)OCc1ccccc1)C(=O)O[C@H](CC(N)=O)Cc1ccc(-c2ccccc2)cc1. The van der Waals surface area contributed by atoms with Crippen molar-refractivity contribution >= 4 is 23.9 Å². The molecule has 0 radical (unpaired) electrons. The molecule has 0 saturated heterocycles. The highest BCUT2D eigenvalue weighted by atomic mass is 16.6. The van der Waals surface area contributed by atoms with E-state index in [4.69, 9.17) is 19.9 Å². The molecular weight excluding hydrogens is 548 g/mol. The first-order valence-corrected chi connectivity index (χ1v) is 14.3. The Balaban J connectivity index is 1.63. The molecule has 2 atom stereocenters. The zero-order valence-electron chi connectivity index (χ0n) is 24.9. The smallest absolute Gasteiger partial charge is 0.408 e. The summed E-state index contributed by atoms with van der Waals surface area (Å²) in [6.45, 7) is 5.25. The van der Waals surface area contributed by atoms with Crippen molar-refractivity contribution < 1.29 is 33.4 Å². The molecule has 3 aromatic carbocycles. The van der Waals surface area contributed by atoms with Gasteiger partial charge in [0.1, 0.15) is 24.4 Å². The van der Waals surface area contributed by atoms with Crippen LogP contribution in [0.2, 0.25) is 0 Å². The van der Waals surface area contributed by atoms with Gasteiger partial charge in [0, 0.05) is 12.8 Å². The van der Waals surface area contributed by atoms with E-state index in [-0.39, 0.29) is 38.7 Å². The number of hydrogen-bond donors (Lipinski definition) is 2. The molecule has 0 saturated carbocycles. The standard InChI is InChI=1S/C34H40N2O7/c1-34(2,3)43-33(40)36-29(15-10-16-31(38)41-23-25-11-6-4-7-12-25)32(39)42-28(22-30(35)37)21-24-17-19-27(20-18-24)26-13-8-5-9-14-26/h4-9,11-14,17-20,28-29H,10,15-16,21-23H2,1-3H3,(H2,35,37)(H,36,40)/t28-,29-/m0/s1. The molecule has 0 bridgehead atoms. The van der Waals surface area contributed by atoms with Crippen molar-refractivity contribution in [2.45, 2.75) is 77.2 Å². The van der Waals surface area contributed by atoms with Gasteiger partial charge < -0.3 is 25.3 Å². The summed E-state index contributed by atoms with van der Waals surface area (Å²) in [6.07, 6.45) is -1.25. The lowest BCUT2D eigenvalue weighted by Crippen LogP contribution is -2.45. The number of primary amides is 1. The highest BCUT2D eigenvalue weighted by Gasteiger charge is 2.28. The summed E-state index contributed by atoms with van der Waals surface area (Å²) in [4.78, 5) is 49.9. The number of nitrogens with two attached hydrogens (primary N) is 1. The Kier molecular flexibility index (Phi) is 12.3. The van der Waals surface area contributed by atoms with Crippen LogP contribution in [0.25, 0.3) is 11.1 Å². The van der Waals surface area contributed by atoms with Crippen molar-refractivity contribution in [3.63, 3.8) is 0 Å². The van der Waals surface area contributed by atoms with Crippen molar-refractivity contribution in [2.75, 3.05) is 0 Å². The minimum absolute atomic E-state index is 0.0328. The van der Waals surface area contributed by atoms with Gasteiger partial charge >= 0.3 is 18.0 Å². The van der Waals surface area contributed by atoms with Crippen molar-refractivity contribution in [2.24, 2.45) is 5.73 Å². The maximum atomic E-state index is 13.3. The fraction of sp³-hybridized carbons (Fsp3) is 0.353. The van der Waals surface area contributed by atoms with Gasteiger partial charge in [-0.1, -0.05) is 84.9 Å². The number of alkyl carbamates (subject to hydrolysis) is 1. The quantitative estimate of drug-likeness (QED) is 0.188. The first-order valence-electron chi connectivity index (χ1n) is 14.3. The number of ether oxygens (including phenoxy) is 3. The van der Waals surface area contributed by atoms with E-state index in [0.717, 1.165) is 22.3 Å². The lowest BCUT2D eigenvalue weighted by atomic mass is 10.0. The molecule has 3 aromatic rings. The molecule has 0 aliphatic carbocycles. The Hall–Kier alpha value is -4.66. The third-order valence-electron chi connectivity index (χ3n) is 6.33. The lowest BCUT2D eigenvalue weighted by Gasteiger charge is -2.25. The Morgan fingerprint density at radius 3 is 2.02 bits per heavy atom. The van der Waals surface area contributed by atoms with Gasteiger partial charge in [-0.15, -0.1) is 0 Å². The Morgan fingerprint density at radius 1 is 0.814 bits per heavy atom. The second-order valence-corrected chi connectivity index (χ2v) is 11.2. The molecule has 9 nitrogen and oxygen atoms in total. The summed E-state index contributed by atoms with van der Waals surface area (Å²) in [6, 6.07) is 25.8. The van der Waals surface area contributed by atoms with Crippen LogP contribution < -0.4 is 11.1 Å². The largest absolute Gasteiger partial charge is 0.461 e. The van der Waals surface area contributed by atoms with Gasteiger partial charge in [-0.3, -0.25) is 9.59 Å². The van der Waals surface area contributed by atoms with Crippen LogP contribution in [-0.4, -0.2) is 41.7 Å². The molecule has 228 valence electrons. The average Bonchev–Trinajstić information content (AvgIpc) is 2.95. The molecule has 0 aromatic heterocycles. The third-order valence-corrected chi connectivity index (χ3v) is 6.33. The van der Waals surface area contributed by atoms with Crippen molar-refractivity contribution in [3.8, 4) is 11.1 Å². The lowest BCUT2D eigenvalue weighted by molar-refractivity contribution is -0.153. The number of nitrogens with one attached hydrogen (secondary N) is 1. The highest BCUT2D eigenvalue weighted by molar-refractivity contribution is 5.82. The average molecular weight is 589 g/mol. The molecule has 0 aliphatic rings. The topological polar surface area (TPSA) is 134 Å². The summed E-state index contributed by atoms with van der Waals surface area (Å²) in [5.41, 5.74) is 8.46. The number of carbonyl (C=O) groups excluding carboxylic acids is 4. The molecule has 0 spiro atoms. The van der Waals surface area contributed by atoms with Gasteiger partial charge in [-0.2, -0.15) is 0 Å². The first-order chi connectivity index (χ1) is 20.5. The Bertz CT molecular complexity index is 1340. The molecule has 43 heavy (non-hydrogen) atoms. The van der Waals surface area contributed by atoms with Gasteiger partial charge in [0.05, 0.1) is 6.42 Å². The highest BCUT2D eigenvalue weighted by Crippen LogP contribution is 2.21.